The zero-order chi connectivity index (χ0) is 16.3. The SMILES string of the molecule is CC.CN1CC(CN2CCN(C3(c4ncccn4)CC3)CC2)C1. The highest BCUT2D eigenvalue weighted by Gasteiger charge is 2.52. The van der Waals surface area contributed by atoms with Gasteiger partial charge in [-0.2, -0.15) is 0 Å². The third kappa shape index (κ3) is 3.57. The lowest BCUT2D eigenvalue weighted by molar-refractivity contribution is 0.0411. The molecule has 3 heterocycles. The topological polar surface area (TPSA) is 35.5 Å². The molecule has 0 N–H and O–H groups in total. The van der Waals surface area contributed by atoms with Crippen LogP contribution >= 0.6 is 0 Å². The van der Waals surface area contributed by atoms with E-state index < -0.39 is 0 Å². The molecule has 1 aliphatic carbocycles. The molecule has 4 rings (SSSR count). The lowest BCUT2D eigenvalue weighted by atomic mass is 10.00. The van der Waals surface area contributed by atoms with E-state index in [-0.39, 0.29) is 5.54 Å². The molecule has 2 saturated heterocycles. The number of rotatable bonds is 4. The largest absolute Gasteiger partial charge is 0.306 e. The predicted octanol–water partition coefficient (Wildman–Crippen LogP) is 1.67. The Kier molecular flexibility index (Phi) is 5.29. The first-order valence-electron chi connectivity index (χ1n) is 9.20. The van der Waals surface area contributed by atoms with Gasteiger partial charge in [0, 0.05) is 58.2 Å². The third-order valence-electron chi connectivity index (χ3n) is 5.34. The lowest BCUT2D eigenvalue weighted by Crippen LogP contribution is -2.55. The van der Waals surface area contributed by atoms with Crippen molar-refractivity contribution in [1.29, 1.82) is 0 Å². The fourth-order valence-electron chi connectivity index (χ4n) is 4.01. The van der Waals surface area contributed by atoms with Gasteiger partial charge >= 0.3 is 0 Å². The molecule has 0 aromatic carbocycles. The number of hydrogen-bond donors (Lipinski definition) is 0. The van der Waals surface area contributed by atoms with Crippen LogP contribution in [0.3, 0.4) is 0 Å². The average Bonchev–Trinajstić information content (AvgIpc) is 3.39. The summed E-state index contributed by atoms with van der Waals surface area (Å²) < 4.78 is 0. The second-order valence-corrected chi connectivity index (χ2v) is 6.98. The van der Waals surface area contributed by atoms with Gasteiger partial charge in [0.25, 0.3) is 0 Å². The minimum Gasteiger partial charge on any atom is -0.306 e. The maximum atomic E-state index is 4.51. The fourth-order valence-corrected chi connectivity index (χ4v) is 4.01. The first-order valence-corrected chi connectivity index (χ1v) is 9.20. The summed E-state index contributed by atoms with van der Waals surface area (Å²) in [7, 11) is 2.21. The van der Waals surface area contributed by atoms with Crippen LogP contribution in [0, 0.1) is 5.92 Å². The van der Waals surface area contributed by atoms with Crippen LogP contribution in [0.1, 0.15) is 32.5 Å². The highest BCUT2D eigenvalue weighted by molar-refractivity contribution is 5.17. The maximum Gasteiger partial charge on any atom is 0.148 e. The summed E-state index contributed by atoms with van der Waals surface area (Å²) in [5.74, 6) is 1.94. The van der Waals surface area contributed by atoms with E-state index in [1.54, 1.807) is 0 Å². The number of nitrogens with zero attached hydrogens (tertiary/aromatic N) is 5. The molecule has 0 amide bonds. The number of likely N-dealkylation sites (tertiary alicyclic amines) is 1. The Balaban J connectivity index is 0.000000753. The van der Waals surface area contributed by atoms with Crippen molar-refractivity contribution in [3.05, 3.63) is 24.3 Å². The summed E-state index contributed by atoms with van der Waals surface area (Å²) in [4.78, 5) is 16.7. The second kappa shape index (κ2) is 7.24. The standard InChI is InChI=1S/C16H25N5.C2H6/c1-19-11-14(12-19)13-20-7-9-21(10-8-20)16(3-4-16)15-17-5-2-6-18-15;1-2/h2,5-6,14H,3-4,7-13H2,1H3;1-2H3. The Morgan fingerprint density at radius 2 is 1.65 bits per heavy atom. The van der Waals surface area contributed by atoms with Gasteiger partial charge in [-0.1, -0.05) is 13.8 Å². The molecule has 3 fully saturated rings. The molecule has 23 heavy (non-hydrogen) atoms. The molecule has 5 nitrogen and oxygen atoms in total. The summed E-state index contributed by atoms with van der Waals surface area (Å²) in [6, 6.07) is 1.91. The normalized spacial score (nSPS) is 25.3. The molecule has 0 spiro atoms. The smallest absolute Gasteiger partial charge is 0.148 e. The summed E-state index contributed by atoms with van der Waals surface area (Å²) in [5, 5.41) is 0. The third-order valence-corrected chi connectivity index (χ3v) is 5.34. The molecule has 128 valence electrons. The minimum absolute atomic E-state index is 0.171. The zero-order valence-corrected chi connectivity index (χ0v) is 14.9. The van der Waals surface area contributed by atoms with Gasteiger partial charge < -0.3 is 9.80 Å². The number of piperazine rings is 1. The van der Waals surface area contributed by atoms with Gasteiger partial charge in [-0.25, -0.2) is 9.97 Å². The number of aromatic nitrogens is 2. The van der Waals surface area contributed by atoms with Crippen molar-refractivity contribution in [2.45, 2.75) is 32.2 Å². The molecule has 2 aliphatic heterocycles. The molecular weight excluding hydrogens is 286 g/mol. The van der Waals surface area contributed by atoms with Crippen molar-refractivity contribution in [1.82, 2.24) is 24.7 Å². The van der Waals surface area contributed by atoms with E-state index in [4.69, 9.17) is 0 Å². The molecule has 5 heteroatoms. The van der Waals surface area contributed by atoms with Crippen LogP contribution in [0.4, 0.5) is 0 Å². The van der Waals surface area contributed by atoms with Crippen LogP contribution in [0.2, 0.25) is 0 Å². The van der Waals surface area contributed by atoms with E-state index in [2.05, 4.69) is 31.7 Å². The molecule has 3 aliphatic rings. The first kappa shape index (κ1) is 16.8. The predicted molar refractivity (Wildman–Crippen MR) is 93.3 cm³/mol. The molecule has 0 unspecified atom stereocenters. The Morgan fingerprint density at radius 1 is 1.04 bits per heavy atom. The van der Waals surface area contributed by atoms with Crippen LogP contribution < -0.4 is 0 Å². The monoisotopic (exact) mass is 317 g/mol. The molecule has 0 atom stereocenters. The zero-order valence-electron chi connectivity index (χ0n) is 14.9. The summed E-state index contributed by atoms with van der Waals surface area (Å²) in [5.41, 5.74) is 0.171. The molecule has 1 aromatic heterocycles. The Labute approximate surface area is 140 Å². The van der Waals surface area contributed by atoms with E-state index >= 15 is 0 Å². The lowest BCUT2D eigenvalue weighted by Gasteiger charge is -2.43. The average molecular weight is 317 g/mol. The van der Waals surface area contributed by atoms with Crippen molar-refractivity contribution in [2.75, 3.05) is 52.9 Å². The van der Waals surface area contributed by atoms with Crippen molar-refractivity contribution in [3.63, 3.8) is 0 Å². The maximum absolute atomic E-state index is 4.51. The van der Waals surface area contributed by atoms with Crippen molar-refractivity contribution in [3.8, 4) is 0 Å². The van der Waals surface area contributed by atoms with E-state index in [0.29, 0.717) is 0 Å². The quantitative estimate of drug-likeness (QED) is 0.844. The molecule has 1 saturated carbocycles. The summed E-state index contributed by atoms with van der Waals surface area (Å²) in [6.45, 7) is 12.6. The van der Waals surface area contributed by atoms with Gasteiger partial charge in [0.2, 0.25) is 0 Å². The van der Waals surface area contributed by atoms with E-state index in [1.165, 1.54) is 58.7 Å². The van der Waals surface area contributed by atoms with Crippen molar-refractivity contribution in [2.24, 2.45) is 5.92 Å². The Bertz CT molecular complexity index is 473. The van der Waals surface area contributed by atoms with E-state index in [9.17, 15) is 0 Å². The van der Waals surface area contributed by atoms with E-state index in [1.807, 2.05) is 32.3 Å². The summed E-state index contributed by atoms with van der Waals surface area (Å²) >= 11 is 0. The highest BCUT2D eigenvalue weighted by Crippen LogP contribution is 2.49. The summed E-state index contributed by atoms with van der Waals surface area (Å²) in [6.07, 6.45) is 6.21. The van der Waals surface area contributed by atoms with Crippen LogP contribution in [-0.2, 0) is 5.54 Å². The number of hydrogen-bond acceptors (Lipinski definition) is 5. The van der Waals surface area contributed by atoms with Gasteiger partial charge in [-0.05, 0) is 31.9 Å². The molecular formula is C18H31N5. The van der Waals surface area contributed by atoms with Gasteiger partial charge in [0.05, 0.1) is 5.54 Å². The van der Waals surface area contributed by atoms with Crippen LogP contribution in [0.25, 0.3) is 0 Å². The Hall–Kier alpha value is -1.04. The van der Waals surface area contributed by atoms with Crippen LogP contribution in [0.15, 0.2) is 18.5 Å². The van der Waals surface area contributed by atoms with Crippen LogP contribution in [0.5, 0.6) is 0 Å². The van der Waals surface area contributed by atoms with Gasteiger partial charge in [0.1, 0.15) is 5.82 Å². The molecule has 0 radical (unpaired) electrons. The van der Waals surface area contributed by atoms with Gasteiger partial charge in [-0.15, -0.1) is 0 Å². The minimum atomic E-state index is 0.171. The van der Waals surface area contributed by atoms with Crippen molar-refractivity contribution < 1.29 is 0 Å². The van der Waals surface area contributed by atoms with Crippen molar-refractivity contribution >= 4 is 0 Å². The van der Waals surface area contributed by atoms with Gasteiger partial charge in [0.15, 0.2) is 0 Å². The fraction of sp³-hybridized carbons (Fsp3) is 0.778. The van der Waals surface area contributed by atoms with Crippen LogP contribution in [-0.4, -0.2) is 77.5 Å². The second-order valence-electron chi connectivity index (χ2n) is 6.98. The molecule has 0 bridgehead atoms. The van der Waals surface area contributed by atoms with E-state index in [0.717, 1.165) is 11.7 Å². The Morgan fingerprint density at radius 3 is 2.17 bits per heavy atom. The van der Waals surface area contributed by atoms with Gasteiger partial charge in [-0.3, -0.25) is 4.90 Å². The molecule has 1 aromatic rings. The first-order chi connectivity index (χ1) is 11.3. The highest BCUT2D eigenvalue weighted by atomic mass is 15.3.